The number of hydrogen-bond acceptors (Lipinski definition) is 5. The van der Waals surface area contributed by atoms with Gasteiger partial charge in [-0.05, 0) is 31.8 Å². The molecule has 1 aromatic carbocycles. The van der Waals surface area contributed by atoms with Gasteiger partial charge in [-0.3, -0.25) is 14.2 Å². The molecule has 0 bridgehead atoms. The van der Waals surface area contributed by atoms with E-state index in [2.05, 4.69) is 11.9 Å². The Hall–Kier alpha value is -1.83. The highest BCUT2D eigenvalue weighted by molar-refractivity contribution is 7.73. The van der Waals surface area contributed by atoms with Gasteiger partial charge in [0.05, 0.1) is 0 Å². The van der Waals surface area contributed by atoms with E-state index in [9.17, 15) is 9.59 Å². The number of carbonyl (C=O) groups is 1. The van der Waals surface area contributed by atoms with Gasteiger partial charge >= 0.3 is 0 Å². The number of aryl methyl sites for hydroxylation is 1. The molecule has 3 rings (SSSR count). The molecule has 0 unspecified atom stereocenters. The highest BCUT2D eigenvalue weighted by atomic mass is 32.1. The third-order valence-electron chi connectivity index (χ3n) is 4.68. The summed E-state index contributed by atoms with van der Waals surface area (Å²) in [5.41, 5.74) is 2.02. The van der Waals surface area contributed by atoms with Crippen LogP contribution in [-0.4, -0.2) is 53.5 Å². The van der Waals surface area contributed by atoms with Crippen LogP contribution in [0.2, 0.25) is 0 Å². The molecule has 2 aromatic rings. The van der Waals surface area contributed by atoms with Crippen LogP contribution in [0.1, 0.15) is 12.0 Å². The lowest BCUT2D eigenvalue weighted by Crippen LogP contribution is -2.47. The van der Waals surface area contributed by atoms with E-state index in [0.717, 1.165) is 36.6 Å². The van der Waals surface area contributed by atoms with Crippen LogP contribution >= 0.6 is 23.6 Å². The van der Waals surface area contributed by atoms with Crippen LogP contribution in [0.3, 0.4) is 0 Å². The topological polar surface area (TPSA) is 45.6 Å². The number of likely N-dealkylation sites (N-methyl/N-ethyl adjacent to an activating group) is 1. The van der Waals surface area contributed by atoms with E-state index in [1.807, 2.05) is 36.1 Å². The van der Waals surface area contributed by atoms with Gasteiger partial charge in [0.2, 0.25) is 5.91 Å². The number of hydrogen-bond donors (Lipinski definition) is 0. The summed E-state index contributed by atoms with van der Waals surface area (Å²) in [6.45, 7) is 5.66. The molecule has 2 heterocycles. The lowest BCUT2D eigenvalue weighted by molar-refractivity contribution is -0.133. The van der Waals surface area contributed by atoms with Crippen LogP contribution in [0, 0.1) is 10.9 Å². The normalized spacial score (nSPS) is 15.2. The Kier molecular flexibility index (Phi) is 6.01. The van der Waals surface area contributed by atoms with Crippen molar-refractivity contribution >= 4 is 29.5 Å². The fourth-order valence-corrected chi connectivity index (χ4v) is 4.29. The minimum atomic E-state index is -0.143. The standard InChI is InChI=1S/C19H23N3O2S2/c1-14-3-5-15(6-4-14)16-13-18(24)22(19(25)26-16)8-7-17(23)21-11-9-20(2)10-12-21/h3-6,13H,7-12H2,1-2H3. The van der Waals surface area contributed by atoms with Crippen molar-refractivity contribution in [3.63, 3.8) is 0 Å². The predicted octanol–water partition coefficient (Wildman–Crippen LogP) is 2.78. The summed E-state index contributed by atoms with van der Waals surface area (Å²) >= 11 is 6.84. The zero-order chi connectivity index (χ0) is 18.7. The molecule has 5 nitrogen and oxygen atoms in total. The van der Waals surface area contributed by atoms with Gasteiger partial charge in [-0.2, -0.15) is 0 Å². The second-order valence-electron chi connectivity index (χ2n) is 6.67. The molecule has 0 radical (unpaired) electrons. The minimum Gasteiger partial charge on any atom is -0.340 e. The molecular formula is C19H23N3O2S2. The molecule has 1 aliphatic rings. The Bertz CT molecular complexity index is 863. The number of nitrogens with zero attached hydrogens (tertiary/aromatic N) is 3. The van der Waals surface area contributed by atoms with Crippen molar-refractivity contribution in [3.8, 4) is 10.4 Å². The average Bonchev–Trinajstić information content (AvgIpc) is 2.62. The van der Waals surface area contributed by atoms with Crippen molar-refractivity contribution in [1.29, 1.82) is 0 Å². The maximum Gasteiger partial charge on any atom is 0.253 e. The minimum absolute atomic E-state index is 0.0898. The molecule has 7 heteroatoms. The van der Waals surface area contributed by atoms with E-state index in [-0.39, 0.29) is 11.5 Å². The molecule has 138 valence electrons. The molecule has 0 saturated carbocycles. The van der Waals surface area contributed by atoms with Crippen molar-refractivity contribution in [1.82, 2.24) is 14.4 Å². The molecule has 1 saturated heterocycles. The quantitative estimate of drug-likeness (QED) is 0.755. The van der Waals surface area contributed by atoms with E-state index >= 15 is 0 Å². The molecule has 1 amide bonds. The first kappa shape index (κ1) is 18.9. The Balaban J connectivity index is 1.71. The number of amides is 1. The van der Waals surface area contributed by atoms with Gasteiger partial charge in [0, 0.05) is 50.1 Å². The number of piperazine rings is 1. The van der Waals surface area contributed by atoms with Crippen LogP contribution < -0.4 is 5.56 Å². The zero-order valence-corrected chi connectivity index (χ0v) is 16.7. The second-order valence-corrected chi connectivity index (χ2v) is 8.34. The van der Waals surface area contributed by atoms with Crippen molar-refractivity contribution in [2.75, 3.05) is 33.2 Å². The Morgan fingerprint density at radius 2 is 1.81 bits per heavy atom. The highest BCUT2D eigenvalue weighted by Crippen LogP contribution is 2.23. The summed E-state index contributed by atoms with van der Waals surface area (Å²) < 4.78 is 2.05. The molecule has 0 spiro atoms. The number of carbonyl (C=O) groups excluding carboxylic acids is 1. The first-order valence-electron chi connectivity index (χ1n) is 8.72. The second kappa shape index (κ2) is 8.24. The number of aromatic nitrogens is 1. The van der Waals surface area contributed by atoms with Gasteiger partial charge in [0.1, 0.15) is 0 Å². The van der Waals surface area contributed by atoms with Crippen LogP contribution in [0.5, 0.6) is 0 Å². The van der Waals surface area contributed by atoms with E-state index in [4.69, 9.17) is 12.2 Å². The van der Waals surface area contributed by atoms with Gasteiger partial charge in [0.15, 0.2) is 3.95 Å². The largest absolute Gasteiger partial charge is 0.340 e. The van der Waals surface area contributed by atoms with Crippen molar-refractivity contribution in [2.45, 2.75) is 19.9 Å². The van der Waals surface area contributed by atoms with Crippen LogP contribution in [0.25, 0.3) is 10.4 Å². The highest BCUT2D eigenvalue weighted by Gasteiger charge is 2.19. The van der Waals surface area contributed by atoms with E-state index in [1.54, 1.807) is 6.07 Å². The lowest BCUT2D eigenvalue weighted by atomic mass is 10.1. The summed E-state index contributed by atoms with van der Waals surface area (Å²) in [5.74, 6) is 0.0898. The Morgan fingerprint density at radius 3 is 2.42 bits per heavy atom. The van der Waals surface area contributed by atoms with E-state index in [1.165, 1.54) is 21.5 Å². The lowest BCUT2D eigenvalue weighted by Gasteiger charge is -2.32. The van der Waals surface area contributed by atoms with E-state index in [0.29, 0.717) is 16.9 Å². The summed E-state index contributed by atoms with van der Waals surface area (Å²) in [7, 11) is 2.06. The molecule has 0 atom stereocenters. The average molecular weight is 390 g/mol. The van der Waals surface area contributed by atoms with Crippen molar-refractivity contribution in [2.24, 2.45) is 0 Å². The van der Waals surface area contributed by atoms with Crippen LogP contribution in [0.4, 0.5) is 0 Å². The van der Waals surface area contributed by atoms with Gasteiger partial charge in [0.25, 0.3) is 5.56 Å². The molecule has 1 fully saturated rings. The summed E-state index contributed by atoms with van der Waals surface area (Å²) in [4.78, 5) is 29.8. The van der Waals surface area contributed by atoms with Crippen molar-refractivity contribution < 1.29 is 4.79 Å². The van der Waals surface area contributed by atoms with Gasteiger partial charge in [-0.1, -0.05) is 29.8 Å². The molecule has 26 heavy (non-hydrogen) atoms. The maximum atomic E-state index is 12.5. The van der Waals surface area contributed by atoms with Crippen molar-refractivity contribution in [3.05, 3.63) is 50.2 Å². The summed E-state index contributed by atoms with van der Waals surface area (Å²) in [6, 6.07) is 9.65. The third kappa shape index (κ3) is 4.47. The molecule has 1 aromatic heterocycles. The molecule has 0 aliphatic carbocycles. The SMILES string of the molecule is Cc1ccc(-c2cc(=O)n(CCC(=O)N3CCN(C)CC3)c(=S)s2)cc1. The van der Waals surface area contributed by atoms with E-state index < -0.39 is 0 Å². The third-order valence-corrected chi connectivity index (χ3v) is 6.12. The summed E-state index contributed by atoms with van der Waals surface area (Å²) in [6.07, 6.45) is 0.309. The fourth-order valence-electron chi connectivity index (χ4n) is 2.94. The van der Waals surface area contributed by atoms with Crippen LogP contribution in [0.15, 0.2) is 35.1 Å². The zero-order valence-electron chi connectivity index (χ0n) is 15.1. The predicted molar refractivity (Wildman–Crippen MR) is 108 cm³/mol. The monoisotopic (exact) mass is 389 g/mol. The molecule has 1 aliphatic heterocycles. The Morgan fingerprint density at radius 1 is 1.15 bits per heavy atom. The first-order valence-corrected chi connectivity index (χ1v) is 9.95. The van der Waals surface area contributed by atoms with Gasteiger partial charge < -0.3 is 9.80 Å². The number of benzene rings is 1. The Labute approximate surface area is 162 Å². The van der Waals surface area contributed by atoms with Gasteiger partial charge in [-0.15, -0.1) is 11.3 Å². The van der Waals surface area contributed by atoms with Gasteiger partial charge in [-0.25, -0.2) is 0 Å². The number of rotatable bonds is 4. The first-order chi connectivity index (χ1) is 12.4. The summed E-state index contributed by atoms with van der Waals surface area (Å²) in [5, 5.41) is 0. The molecular weight excluding hydrogens is 366 g/mol. The maximum absolute atomic E-state index is 12.5. The van der Waals surface area contributed by atoms with Crippen LogP contribution in [-0.2, 0) is 11.3 Å². The molecule has 0 N–H and O–H groups in total. The fraction of sp³-hybridized carbons (Fsp3) is 0.421. The smallest absolute Gasteiger partial charge is 0.253 e.